The number of carbonyl (C=O) groups is 2. The molecule has 8 heteroatoms. The number of aryl methyl sites for hydroxylation is 1. The Hall–Kier alpha value is -3.36. The summed E-state index contributed by atoms with van der Waals surface area (Å²) in [4.78, 5) is 31.1. The zero-order valence-electron chi connectivity index (χ0n) is 21.4. The van der Waals surface area contributed by atoms with Gasteiger partial charge in [0.15, 0.2) is 0 Å². The van der Waals surface area contributed by atoms with Crippen molar-refractivity contribution < 1.29 is 23.5 Å². The Morgan fingerprint density at radius 1 is 1.06 bits per heavy atom. The number of likely N-dealkylation sites (tertiary alicyclic amines) is 1. The number of piperidine rings is 1. The maximum Gasteiger partial charge on any atom is 0.327 e. The number of nitrogens with zero attached hydrogens (tertiary/aromatic N) is 3. The first-order valence-electron chi connectivity index (χ1n) is 12.4. The number of ether oxygens (including phenoxy) is 2. The lowest BCUT2D eigenvalue weighted by atomic mass is 9.85. The van der Waals surface area contributed by atoms with Gasteiger partial charge < -0.3 is 18.8 Å². The molecule has 3 heterocycles. The van der Waals surface area contributed by atoms with Crippen molar-refractivity contribution in [1.29, 1.82) is 0 Å². The van der Waals surface area contributed by atoms with Crippen LogP contribution in [-0.4, -0.2) is 79.7 Å². The van der Waals surface area contributed by atoms with E-state index in [0.717, 1.165) is 39.2 Å². The number of benzene rings is 2. The third-order valence-corrected chi connectivity index (χ3v) is 7.66. The molecule has 2 aliphatic rings. The van der Waals surface area contributed by atoms with E-state index in [-0.39, 0.29) is 11.9 Å². The Morgan fingerprint density at radius 3 is 2.44 bits per heavy atom. The van der Waals surface area contributed by atoms with Crippen LogP contribution in [0, 0.1) is 6.92 Å². The van der Waals surface area contributed by atoms with E-state index in [1.165, 1.54) is 4.90 Å². The largest absolute Gasteiger partial charge is 0.496 e. The van der Waals surface area contributed by atoms with Crippen LogP contribution in [0.25, 0.3) is 22.1 Å². The SMILES string of the molecule is COCCN1C(=O)N(C)C(=O)C12CCN(Cc1cc3oc(C)c(-c4ccccc4)c3cc1OC)CC2. The molecule has 0 aliphatic carbocycles. The number of amides is 3. The van der Waals surface area contributed by atoms with Gasteiger partial charge in [-0.1, -0.05) is 30.3 Å². The molecule has 0 saturated carbocycles. The second-order valence-electron chi connectivity index (χ2n) is 9.66. The number of likely N-dealkylation sites (N-methyl/N-ethyl adjacent to an activating group) is 1. The van der Waals surface area contributed by atoms with Crippen molar-refractivity contribution in [3.63, 3.8) is 0 Å². The third-order valence-electron chi connectivity index (χ3n) is 7.66. The van der Waals surface area contributed by atoms with Gasteiger partial charge in [-0.2, -0.15) is 0 Å². The van der Waals surface area contributed by atoms with Crippen molar-refractivity contribution in [2.24, 2.45) is 0 Å². The van der Waals surface area contributed by atoms with E-state index in [1.807, 2.05) is 25.1 Å². The van der Waals surface area contributed by atoms with Crippen molar-refractivity contribution in [3.05, 3.63) is 53.8 Å². The summed E-state index contributed by atoms with van der Waals surface area (Å²) < 4.78 is 17.2. The second kappa shape index (κ2) is 9.59. The summed E-state index contributed by atoms with van der Waals surface area (Å²) in [6.07, 6.45) is 1.18. The van der Waals surface area contributed by atoms with Gasteiger partial charge in [0.25, 0.3) is 5.91 Å². The molecule has 1 spiro atoms. The highest BCUT2D eigenvalue weighted by molar-refractivity contribution is 6.06. The molecule has 3 amide bonds. The van der Waals surface area contributed by atoms with Gasteiger partial charge in [-0.05, 0) is 37.5 Å². The summed E-state index contributed by atoms with van der Waals surface area (Å²) in [7, 11) is 4.87. The lowest BCUT2D eigenvalue weighted by Crippen LogP contribution is -2.57. The van der Waals surface area contributed by atoms with E-state index < -0.39 is 5.54 Å². The molecule has 2 aromatic carbocycles. The number of urea groups is 1. The van der Waals surface area contributed by atoms with Gasteiger partial charge in [-0.3, -0.25) is 14.6 Å². The number of rotatable bonds is 7. The minimum atomic E-state index is -0.780. The van der Waals surface area contributed by atoms with Crippen molar-refractivity contribution in [1.82, 2.24) is 14.7 Å². The standard InChI is InChI=1S/C28H33N3O5/c1-19-25(20-8-6-5-7-9-20)22-17-23(35-4)21(16-24(22)36-19)18-30-12-10-28(11-13-30)26(32)29(2)27(33)31(28)14-15-34-3/h5-9,16-17H,10-15,18H2,1-4H3. The predicted molar refractivity (Wildman–Crippen MR) is 137 cm³/mol. The van der Waals surface area contributed by atoms with E-state index >= 15 is 0 Å². The van der Waals surface area contributed by atoms with Crippen LogP contribution in [0.15, 0.2) is 46.9 Å². The van der Waals surface area contributed by atoms with Gasteiger partial charge >= 0.3 is 6.03 Å². The number of hydrogen-bond acceptors (Lipinski definition) is 6. The smallest absolute Gasteiger partial charge is 0.327 e. The van der Waals surface area contributed by atoms with Crippen LogP contribution in [0.5, 0.6) is 5.75 Å². The van der Waals surface area contributed by atoms with Gasteiger partial charge in [0.1, 0.15) is 22.6 Å². The number of furan rings is 1. The molecule has 0 radical (unpaired) electrons. The van der Waals surface area contributed by atoms with Gasteiger partial charge in [0, 0.05) is 56.8 Å². The van der Waals surface area contributed by atoms with Gasteiger partial charge in [0.2, 0.25) is 0 Å². The molecule has 190 valence electrons. The highest BCUT2D eigenvalue weighted by Gasteiger charge is 2.56. The molecule has 0 atom stereocenters. The maximum atomic E-state index is 13.1. The zero-order chi connectivity index (χ0) is 25.4. The molecule has 0 unspecified atom stereocenters. The van der Waals surface area contributed by atoms with Crippen LogP contribution in [0.4, 0.5) is 4.79 Å². The maximum absolute atomic E-state index is 13.1. The van der Waals surface area contributed by atoms with Crippen molar-refractivity contribution in [3.8, 4) is 16.9 Å². The summed E-state index contributed by atoms with van der Waals surface area (Å²) in [6.45, 7) is 4.88. The van der Waals surface area contributed by atoms with Crippen LogP contribution in [0.2, 0.25) is 0 Å². The Labute approximate surface area is 211 Å². The average molecular weight is 492 g/mol. The molecule has 2 fully saturated rings. The molecule has 3 aromatic rings. The summed E-state index contributed by atoms with van der Waals surface area (Å²) in [5.74, 6) is 1.58. The van der Waals surface area contributed by atoms with Crippen LogP contribution in [0.3, 0.4) is 0 Å². The first kappa shape index (κ1) is 24.3. The van der Waals surface area contributed by atoms with Crippen LogP contribution in [0.1, 0.15) is 24.2 Å². The van der Waals surface area contributed by atoms with Gasteiger partial charge in [-0.15, -0.1) is 0 Å². The molecule has 36 heavy (non-hydrogen) atoms. The van der Waals surface area contributed by atoms with E-state index in [9.17, 15) is 9.59 Å². The van der Waals surface area contributed by atoms with E-state index in [2.05, 4.69) is 29.2 Å². The summed E-state index contributed by atoms with van der Waals surface area (Å²) in [5.41, 5.74) is 3.29. The van der Waals surface area contributed by atoms with E-state index in [4.69, 9.17) is 13.9 Å². The molecular weight excluding hydrogens is 458 g/mol. The zero-order valence-corrected chi connectivity index (χ0v) is 21.4. The number of carbonyl (C=O) groups excluding carboxylic acids is 2. The predicted octanol–water partition coefficient (Wildman–Crippen LogP) is 4.29. The topological polar surface area (TPSA) is 75.5 Å². The number of methoxy groups -OCH3 is 2. The summed E-state index contributed by atoms with van der Waals surface area (Å²) in [5, 5.41) is 1.03. The van der Waals surface area contributed by atoms with Crippen LogP contribution >= 0.6 is 0 Å². The lowest BCUT2D eigenvalue weighted by molar-refractivity contribution is -0.135. The van der Waals surface area contributed by atoms with Crippen LogP contribution in [-0.2, 0) is 16.1 Å². The fourth-order valence-electron chi connectivity index (χ4n) is 5.74. The molecule has 1 aromatic heterocycles. The first-order valence-corrected chi connectivity index (χ1v) is 12.4. The van der Waals surface area contributed by atoms with Gasteiger partial charge in [-0.25, -0.2) is 4.79 Å². The fourth-order valence-corrected chi connectivity index (χ4v) is 5.74. The van der Waals surface area contributed by atoms with Crippen molar-refractivity contribution in [2.75, 3.05) is 47.5 Å². The monoisotopic (exact) mass is 491 g/mol. The van der Waals surface area contributed by atoms with E-state index in [0.29, 0.717) is 45.6 Å². The Bertz CT molecular complexity index is 1280. The Morgan fingerprint density at radius 2 is 1.78 bits per heavy atom. The van der Waals surface area contributed by atoms with E-state index in [1.54, 1.807) is 26.2 Å². The van der Waals surface area contributed by atoms with Crippen molar-refractivity contribution in [2.45, 2.75) is 31.8 Å². The highest BCUT2D eigenvalue weighted by atomic mass is 16.5. The molecule has 0 N–H and O–H groups in total. The lowest BCUT2D eigenvalue weighted by Gasteiger charge is -2.42. The third kappa shape index (κ3) is 3.94. The quantitative estimate of drug-likeness (QED) is 0.459. The molecule has 2 saturated heterocycles. The van der Waals surface area contributed by atoms with Crippen molar-refractivity contribution >= 4 is 22.9 Å². The normalized spacial score (nSPS) is 18.1. The number of imide groups is 1. The molecule has 8 nitrogen and oxygen atoms in total. The Balaban J connectivity index is 1.38. The average Bonchev–Trinajstić information content (AvgIpc) is 3.30. The minimum absolute atomic E-state index is 0.109. The summed E-state index contributed by atoms with van der Waals surface area (Å²) >= 11 is 0. The number of hydrogen-bond donors (Lipinski definition) is 0. The first-order chi connectivity index (χ1) is 17.4. The summed E-state index contributed by atoms with van der Waals surface area (Å²) in [6, 6.07) is 14.1. The number of fused-ring (bicyclic) bond motifs is 1. The Kier molecular flexibility index (Phi) is 6.49. The second-order valence-corrected chi connectivity index (χ2v) is 9.66. The molecule has 5 rings (SSSR count). The fraction of sp³-hybridized carbons (Fsp3) is 0.429. The minimum Gasteiger partial charge on any atom is -0.496 e. The van der Waals surface area contributed by atoms with Gasteiger partial charge in [0.05, 0.1) is 13.7 Å². The molecule has 2 aliphatic heterocycles. The van der Waals surface area contributed by atoms with Crippen LogP contribution < -0.4 is 4.74 Å². The molecule has 0 bridgehead atoms. The molecular formula is C28H33N3O5. The highest BCUT2D eigenvalue weighted by Crippen LogP contribution is 2.40.